The van der Waals surface area contributed by atoms with Crippen molar-refractivity contribution in [3.05, 3.63) is 34.9 Å². The third kappa shape index (κ3) is 4.77. The first-order valence-corrected chi connectivity index (χ1v) is 11.1. The number of amides is 3. The van der Waals surface area contributed by atoms with E-state index in [1.54, 1.807) is 6.92 Å². The molecule has 0 saturated carbocycles. The first-order valence-electron chi connectivity index (χ1n) is 9.45. The van der Waals surface area contributed by atoms with E-state index < -0.39 is 10.0 Å². The van der Waals surface area contributed by atoms with Gasteiger partial charge in [-0.3, -0.25) is 19.3 Å². The van der Waals surface area contributed by atoms with E-state index in [1.807, 2.05) is 6.92 Å². The van der Waals surface area contributed by atoms with E-state index in [-0.39, 0.29) is 29.0 Å². The van der Waals surface area contributed by atoms with E-state index >= 15 is 0 Å². The van der Waals surface area contributed by atoms with Crippen LogP contribution in [0.3, 0.4) is 0 Å². The van der Waals surface area contributed by atoms with Crippen molar-refractivity contribution in [2.24, 2.45) is 0 Å². The smallest absolute Gasteiger partial charge is 0.261 e. The second-order valence-electron chi connectivity index (χ2n) is 6.71. The molecule has 1 aliphatic heterocycles. The minimum atomic E-state index is -3.23. The fourth-order valence-corrected chi connectivity index (χ4v) is 3.76. The number of carbonyl (C=O) groups excluding carboxylic acids is 3. The van der Waals surface area contributed by atoms with Crippen LogP contribution in [0.25, 0.3) is 0 Å². The monoisotopic (exact) mass is 409 g/mol. The Morgan fingerprint density at radius 3 is 2.43 bits per heavy atom. The van der Waals surface area contributed by atoms with Gasteiger partial charge >= 0.3 is 0 Å². The molecule has 1 heterocycles. The van der Waals surface area contributed by atoms with Gasteiger partial charge < -0.3 is 5.32 Å². The zero-order chi connectivity index (χ0) is 20.9. The van der Waals surface area contributed by atoms with Crippen LogP contribution in [0.4, 0.5) is 0 Å². The summed E-state index contributed by atoms with van der Waals surface area (Å²) in [6, 6.07) is 4.48. The second kappa shape index (κ2) is 9.29. The number of hydrogen-bond donors (Lipinski definition) is 1. The predicted octanol–water partition coefficient (Wildman–Crippen LogP) is 1.48. The van der Waals surface area contributed by atoms with Gasteiger partial charge in [-0.2, -0.15) is 0 Å². The Kier molecular flexibility index (Phi) is 7.31. The first kappa shape index (κ1) is 22.0. The topological polar surface area (TPSA) is 104 Å². The highest BCUT2D eigenvalue weighted by molar-refractivity contribution is 7.89. The van der Waals surface area contributed by atoms with Crippen LogP contribution in [0, 0.1) is 0 Å². The summed E-state index contributed by atoms with van der Waals surface area (Å²) in [5.41, 5.74) is 0.873. The Morgan fingerprint density at radius 1 is 1.11 bits per heavy atom. The molecule has 154 valence electrons. The van der Waals surface area contributed by atoms with Gasteiger partial charge in [0.15, 0.2) is 0 Å². The molecule has 1 aromatic carbocycles. The van der Waals surface area contributed by atoms with E-state index in [0.717, 1.165) is 12.8 Å². The maximum Gasteiger partial charge on any atom is 0.261 e. The standard InChI is InChI=1S/C19H27N3O5S/c1-4-6-12-22-18(24)15-9-8-14(13-16(15)19(22)25)17(23)20-10-7-11-21(3)28(26,27)5-2/h8-9,13H,4-7,10-12H2,1-3H3,(H,20,23). The largest absolute Gasteiger partial charge is 0.352 e. The molecule has 1 aliphatic rings. The zero-order valence-electron chi connectivity index (χ0n) is 16.5. The van der Waals surface area contributed by atoms with Crippen molar-refractivity contribution in [1.82, 2.24) is 14.5 Å². The van der Waals surface area contributed by atoms with Crippen LogP contribution in [-0.2, 0) is 10.0 Å². The molecule has 0 fully saturated rings. The minimum absolute atomic E-state index is 0.0347. The Balaban J connectivity index is 1.95. The number of sulfonamides is 1. The van der Waals surface area contributed by atoms with Crippen molar-refractivity contribution in [1.29, 1.82) is 0 Å². The van der Waals surface area contributed by atoms with Gasteiger partial charge in [-0.1, -0.05) is 13.3 Å². The van der Waals surface area contributed by atoms with Gasteiger partial charge in [0.05, 0.1) is 16.9 Å². The normalized spacial score (nSPS) is 13.9. The molecule has 0 bridgehead atoms. The maximum atomic E-state index is 12.5. The summed E-state index contributed by atoms with van der Waals surface area (Å²) in [5, 5.41) is 2.72. The van der Waals surface area contributed by atoms with Gasteiger partial charge in [0.2, 0.25) is 10.0 Å². The lowest BCUT2D eigenvalue weighted by molar-refractivity contribution is 0.0652. The Labute approximate surface area is 165 Å². The number of hydrogen-bond acceptors (Lipinski definition) is 5. The number of nitrogens with zero attached hydrogens (tertiary/aromatic N) is 2. The van der Waals surface area contributed by atoms with Gasteiger partial charge in [0, 0.05) is 32.2 Å². The molecule has 9 heteroatoms. The average molecular weight is 410 g/mol. The van der Waals surface area contributed by atoms with Crippen LogP contribution in [0.2, 0.25) is 0 Å². The fourth-order valence-electron chi connectivity index (χ4n) is 2.92. The van der Waals surface area contributed by atoms with Crippen LogP contribution in [0.15, 0.2) is 18.2 Å². The summed E-state index contributed by atoms with van der Waals surface area (Å²) in [6.45, 7) is 4.54. The minimum Gasteiger partial charge on any atom is -0.352 e. The third-order valence-corrected chi connectivity index (χ3v) is 6.61. The molecular formula is C19H27N3O5S. The summed E-state index contributed by atoms with van der Waals surface area (Å²) in [4.78, 5) is 38.3. The molecule has 2 rings (SSSR count). The summed E-state index contributed by atoms with van der Waals surface area (Å²) in [5.74, 6) is -1.02. The Hall–Kier alpha value is -2.26. The van der Waals surface area contributed by atoms with E-state index in [4.69, 9.17) is 0 Å². The van der Waals surface area contributed by atoms with Crippen molar-refractivity contribution in [3.63, 3.8) is 0 Å². The van der Waals surface area contributed by atoms with Crippen molar-refractivity contribution in [2.75, 3.05) is 32.4 Å². The maximum absolute atomic E-state index is 12.5. The highest BCUT2D eigenvalue weighted by atomic mass is 32.2. The van der Waals surface area contributed by atoms with Gasteiger partial charge in [0.1, 0.15) is 0 Å². The van der Waals surface area contributed by atoms with E-state index in [1.165, 1.54) is 34.5 Å². The average Bonchev–Trinajstić information content (AvgIpc) is 2.92. The Bertz CT molecular complexity index is 866. The second-order valence-corrected chi connectivity index (χ2v) is 9.07. The molecule has 1 aromatic rings. The Morgan fingerprint density at radius 2 is 1.79 bits per heavy atom. The molecule has 0 spiro atoms. The summed E-state index contributed by atoms with van der Waals surface area (Å²) in [7, 11) is -1.73. The molecule has 8 nitrogen and oxygen atoms in total. The lowest BCUT2D eigenvalue weighted by Crippen LogP contribution is -2.32. The third-order valence-electron chi connectivity index (χ3n) is 4.74. The highest BCUT2D eigenvalue weighted by Crippen LogP contribution is 2.24. The molecule has 3 amide bonds. The predicted molar refractivity (Wildman–Crippen MR) is 106 cm³/mol. The quantitative estimate of drug-likeness (QED) is 0.466. The number of rotatable bonds is 10. The van der Waals surface area contributed by atoms with E-state index in [9.17, 15) is 22.8 Å². The van der Waals surface area contributed by atoms with Crippen molar-refractivity contribution < 1.29 is 22.8 Å². The van der Waals surface area contributed by atoms with Crippen molar-refractivity contribution in [2.45, 2.75) is 33.1 Å². The number of imide groups is 1. The number of fused-ring (bicyclic) bond motifs is 1. The van der Waals surface area contributed by atoms with E-state index in [0.29, 0.717) is 37.2 Å². The molecule has 0 atom stereocenters. The number of benzene rings is 1. The molecule has 0 unspecified atom stereocenters. The van der Waals surface area contributed by atoms with Gasteiger partial charge in [-0.15, -0.1) is 0 Å². The molecule has 28 heavy (non-hydrogen) atoms. The lowest BCUT2D eigenvalue weighted by atomic mass is 10.1. The number of nitrogens with one attached hydrogen (secondary N) is 1. The molecular weight excluding hydrogens is 382 g/mol. The van der Waals surface area contributed by atoms with Crippen LogP contribution >= 0.6 is 0 Å². The van der Waals surface area contributed by atoms with Crippen LogP contribution in [0.5, 0.6) is 0 Å². The van der Waals surface area contributed by atoms with Crippen molar-refractivity contribution in [3.8, 4) is 0 Å². The molecule has 1 N–H and O–H groups in total. The molecule has 0 aliphatic carbocycles. The van der Waals surface area contributed by atoms with Crippen molar-refractivity contribution >= 4 is 27.7 Å². The van der Waals surface area contributed by atoms with Gasteiger partial charge in [0.25, 0.3) is 17.7 Å². The molecule has 0 radical (unpaired) electrons. The summed E-state index contributed by atoms with van der Waals surface area (Å²) < 4.78 is 24.6. The summed E-state index contributed by atoms with van der Waals surface area (Å²) in [6.07, 6.45) is 2.07. The SMILES string of the molecule is CCCCN1C(=O)c2ccc(C(=O)NCCCN(C)S(=O)(=O)CC)cc2C1=O. The van der Waals surface area contributed by atoms with Gasteiger partial charge in [-0.05, 0) is 38.0 Å². The van der Waals surface area contributed by atoms with Crippen LogP contribution in [-0.4, -0.2) is 67.8 Å². The zero-order valence-corrected chi connectivity index (χ0v) is 17.3. The summed E-state index contributed by atoms with van der Waals surface area (Å²) >= 11 is 0. The highest BCUT2D eigenvalue weighted by Gasteiger charge is 2.35. The lowest BCUT2D eigenvalue weighted by Gasteiger charge is -2.15. The first-order chi connectivity index (χ1) is 13.2. The van der Waals surface area contributed by atoms with E-state index in [2.05, 4.69) is 5.32 Å². The number of carbonyl (C=O) groups is 3. The van der Waals surface area contributed by atoms with Crippen LogP contribution < -0.4 is 5.32 Å². The molecule has 0 aromatic heterocycles. The van der Waals surface area contributed by atoms with Gasteiger partial charge in [-0.25, -0.2) is 12.7 Å². The fraction of sp³-hybridized carbons (Fsp3) is 0.526. The molecule has 0 saturated heterocycles. The van der Waals surface area contributed by atoms with Crippen LogP contribution in [0.1, 0.15) is 64.2 Å². The number of unbranched alkanes of at least 4 members (excludes halogenated alkanes) is 1.